The second kappa shape index (κ2) is 10.2. The summed E-state index contributed by atoms with van der Waals surface area (Å²) in [5, 5.41) is 10.6. The van der Waals surface area contributed by atoms with Gasteiger partial charge in [-0.3, -0.25) is 0 Å². The van der Waals surface area contributed by atoms with Gasteiger partial charge in [0.15, 0.2) is 0 Å². The maximum absolute atomic E-state index is 12.5. The van der Waals surface area contributed by atoms with Gasteiger partial charge in [0, 0.05) is 31.7 Å². The molecule has 8 heteroatoms. The first-order chi connectivity index (χ1) is 12.1. The van der Waals surface area contributed by atoms with E-state index in [4.69, 9.17) is 23.2 Å². The smallest absolute Gasteiger partial charge is 0.318 e. The van der Waals surface area contributed by atoms with Crippen molar-refractivity contribution in [3.63, 3.8) is 0 Å². The van der Waals surface area contributed by atoms with Crippen LogP contribution in [-0.2, 0) is 0 Å². The lowest BCUT2D eigenvalue weighted by Gasteiger charge is -2.32. The van der Waals surface area contributed by atoms with E-state index in [0.717, 1.165) is 51.3 Å². The number of rotatable bonds is 3. The molecule has 1 unspecified atom stereocenters. The number of piperazine rings is 1. The minimum absolute atomic E-state index is 0. The van der Waals surface area contributed by atoms with Crippen molar-refractivity contribution in [3.05, 3.63) is 33.8 Å². The third kappa shape index (κ3) is 5.94. The lowest BCUT2D eigenvalue weighted by molar-refractivity contribution is 0.185. The van der Waals surface area contributed by atoms with Gasteiger partial charge >= 0.3 is 6.03 Å². The van der Waals surface area contributed by atoms with Crippen molar-refractivity contribution in [1.82, 2.24) is 20.9 Å². The van der Waals surface area contributed by atoms with Crippen LogP contribution in [0.4, 0.5) is 4.79 Å². The summed E-state index contributed by atoms with van der Waals surface area (Å²) < 4.78 is 0. The summed E-state index contributed by atoms with van der Waals surface area (Å²) in [7, 11) is 0. The second-order valence-electron chi connectivity index (χ2n) is 6.40. The summed E-state index contributed by atoms with van der Waals surface area (Å²) >= 11 is 12.0. The van der Waals surface area contributed by atoms with Gasteiger partial charge in [-0.2, -0.15) is 0 Å². The molecule has 1 atom stereocenters. The Morgan fingerprint density at radius 1 is 1.23 bits per heavy atom. The van der Waals surface area contributed by atoms with Crippen LogP contribution >= 0.6 is 35.6 Å². The molecule has 26 heavy (non-hydrogen) atoms. The Bertz CT molecular complexity index is 679. The molecule has 0 radical (unpaired) electrons. The number of amides is 2. The van der Waals surface area contributed by atoms with E-state index in [0.29, 0.717) is 16.0 Å². The Balaban J connectivity index is 0.00000243. The van der Waals surface area contributed by atoms with Crippen LogP contribution < -0.4 is 16.0 Å². The zero-order chi connectivity index (χ0) is 17.6. The topological polar surface area (TPSA) is 56.4 Å². The van der Waals surface area contributed by atoms with E-state index in [1.165, 1.54) is 0 Å². The Hall–Kier alpha value is -1.16. The molecule has 142 valence electrons. The molecule has 2 amide bonds. The van der Waals surface area contributed by atoms with Gasteiger partial charge in [0.1, 0.15) is 0 Å². The van der Waals surface area contributed by atoms with Crippen molar-refractivity contribution in [1.29, 1.82) is 0 Å². The van der Waals surface area contributed by atoms with Crippen LogP contribution in [0.2, 0.25) is 10.0 Å². The number of halogens is 3. The molecule has 2 aliphatic rings. The fourth-order valence-electron chi connectivity index (χ4n) is 2.85. The Kier molecular flexibility index (Phi) is 8.33. The maximum Gasteiger partial charge on any atom is 0.318 e. The van der Waals surface area contributed by atoms with Crippen LogP contribution in [0.5, 0.6) is 0 Å². The largest absolute Gasteiger partial charge is 0.324 e. The van der Waals surface area contributed by atoms with Crippen molar-refractivity contribution >= 4 is 41.6 Å². The Morgan fingerprint density at radius 2 is 1.96 bits per heavy atom. The highest BCUT2D eigenvalue weighted by molar-refractivity contribution is 6.42. The van der Waals surface area contributed by atoms with Crippen LogP contribution in [0.15, 0.2) is 18.2 Å². The quantitative estimate of drug-likeness (QED) is 0.662. The molecule has 3 rings (SSSR count). The first-order valence-electron chi connectivity index (χ1n) is 8.55. The molecular formula is C18H23Cl3N4O. The molecule has 5 nitrogen and oxygen atoms in total. The summed E-state index contributed by atoms with van der Waals surface area (Å²) in [6, 6.07) is 5.10. The molecule has 1 aromatic carbocycles. The van der Waals surface area contributed by atoms with Crippen LogP contribution in [0.3, 0.4) is 0 Å². The number of hydrogen-bond acceptors (Lipinski definition) is 3. The number of nitrogens with zero attached hydrogens (tertiary/aromatic N) is 1. The van der Waals surface area contributed by atoms with Gasteiger partial charge < -0.3 is 20.9 Å². The average Bonchev–Trinajstić information content (AvgIpc) is 2.59. The first kappa shape index (κ1) is 21.1. The molecule has 2 heterocycles. The third-order valence-corrected chi connectivity index (χ3v) is 5.19. The van der Waals surface area contributed by atoms with Crippen molar-refractivity contribution < 1.29 is 4.79 Å². The predicted molar refractivity (Wildman–Crippen MR) is 108 cm³/mol. The number of hydrogen-bond donors (Lipinski definition) is 3. The van der Waals surface area contributed by atoms with Gasteiger partial charge in [0.2, 0.25) is 0 Å². The van der Waals surface area contributed by atoms with Crippen LogP contribution in [0, 0.1) is 17.8 Å². The van der Waals surface area contributed by atoms with Gasteiger partial charge in [-0.1, -0.05) is 35.0 Å². The first-order valence-corrected chi connectivity index (χ1v) is 9.31. The molecule has 2 saturated heterocycles. The molecule has 0 spiro atoms. The molecule has 2 fully saturated rings. The fraction of sp³-hybridized carbons (Fsp3) is 0.500. The molecule has 0 aromatic heterocycles. The SMILES string of the molecule is Cl.O=C(NC(C#Cc1ccc(Cl)c(Cl)c1)CC1CNC1)N1CCNCC1. The molecule has 2 aliphatic heterocycles. The van der Waals surface area contributed by atoms with E-state index in [1.54, 1.807) is 12.1 Å². The van der Waals surface area contributed by atoms with Gasteiger partial charge in [0.25, 0.3) is 0 Å². The highest BCUT2D eigenvalue weighted by Gasteiger charge is 2.24. The molecular weight excluding hydrogens is 395 g/mol. The van der Waals surface area contributed by atoms with Crippen molar-refractivity contribution in [2.45, 2.75) is 12.5 Å². The highest BCUT2D eigenvalue weighted by Crippen LogP contribution is 2.22. The van der Waals surface area contributed by atoms with Crippen molar-refractivity contribution in [2.24, 2.45) is 5.92 Å². The zero-order valence-electron chi connectivity index (χ0n) is 14.4. The Morgan fingerprint density at radius 3 is 2.58 bits per heavy atom. The van der Waals surface area contributed by atoms with Gasteiger partial charge in [-0.05, 0) is 43.6 Å². The third-order valence-electron chi connectivity index (χ3n) is 4.45. The number of benzene rings is 1. The van der Waals surface area contributed by atoms with E-state index < -0.39 is 0 Å². The van der Waals surface area contributed by atoms with Crippen LogP contribution in [-0.4, -0.2) is 56.2 Å². The maximum atomic E-state index is 12.5. The summed E-state index contributed by atoms with van der Waals surface area (Å²) in [5.74, 6) is 6.87. The number of carbonyl (C=O) groups excluding carboxylic acids is 1. The van der Waals surface area contributed by atoms with Gasteiger partial charge in [-0.15, -0.1) is 12.4 Å². The van der Waals surface area contributed by atoms with Crippen molar-refractivity contribution in [3.8, 4) is 11.8 Å². The molecule has 0 aliphatic carbocycles. The predicted octanol–water partition coefficient (Wildman–Crippen LogP) is 2.36. The number of urea groups is 1. The van der Waals surface area contributed by atoms with Crippen molar-refractivity contribution in [2.75, 3.05) is 39.3 Å². The average molecular weight is 418 g/mol. The lowest BCUT2D eigenvalue weighted by Crippen LogP contribution is -2.53. The summed E-state index contributed by atoms with van der Waals surface area (Å²) in [4.78, 5) is 14.3. The molecule has 1 aromatic rings. The van der Waals surface area contributed by atoms with E-state index in [1.807, 2.05) is 11.0 Å². The Labute approximate surface area is 170 Å². The van der Waals surface area contributed by atoms with Crippen LogP contribution in [0.1, 0.15) is 12.0 Å². The normalized spacial score (nSPS) is 18.0. The molecule has 0 bridgehead atoms. The van der Waals surface area contributed by atoms with E-state index >= 15 is 0 Å². The summed E-state index contributed by atoms with van der Waals surface area (Å²) in [6.07, 6.45) is 0.846. The van der Waals surface area contributed by atoms with E-state index in [2.05, 4.69) is 27.8 Å². The fourth-order valence-corrected chi connectivity index (χ4v) is 3.15. The zero-order valence-corrected chi connectivity index (χ0v) is 16.7. The standard InChI is InChI=1S/C18H22Cl2N4O.ClH/c19-16-4-2-13(10-17(16)20)1-3-15(9-14-11-22-12-14)23-18(25)24-7-5-21-6-8-24;/h2,4,10,14-15,21-22H,5-9,11-12H2,(H,23,25);1H. The van der Waals surface area contributed by atoms with E-state index in [-0.39, 0.29) is 24.5 Å². The summed E-state index contributed by atoms with van der Waals surface area (Å²) in [6.45, 7) is 5.08. The number of nitrogens with one attached hydrogen (secondary N) is 3. The van der Waals surface area contributed by atoms with Crippen LogP contribution in [0.25, 0.3) is 0 Å². The van der Waals surface area contributed by atoms with E-state index in [9.17, 15) is 4.79 Å². The molecule has 0 saturated carbocycles. The monoisotopic (exact) mass is 416 g/mol. The minimum atomic E-state index is -0.177. The van der Waals surface area contributed by atoms with Gasteiger partial charge in [-0.25, -0.2) is 4.79 Å². The highest BCUT2D eigenvalue weighted by atomic mass is 35.5. The van der Waals surface area contributed by atoms with Gasteiger partial charge in [0.05, 0.1) is 16.1 Å². The number of carbonyl (C=O) groups is 1. The molecule has 3 N–H and O–H groups in total. The minimum Gasteiger partial charge on any atom is -0.324 e. The lowest BCUT2D eigenvalue weighted by atomic mass is 9.94. The summed E-state index contributed by atoms with van der Waals surface area (Å²) in [5.41, 5.74) is 0.794. The second-order valence-corrected chi connectivity index (χ2v) is 7.21.